The average Bonchev–Trinajstić information content (AvgIpc) is 2.95. The van der Waals surface area contributed by atoms with E-state index in [2.05, 4.69) is 47.8 Å². The van der Waals surface area contributed by atoms with Crippen molar-refractivity contribution in [2.75, 3.05) is 10.6 Å². The number of hydrogen-bond acceptors (Lipinski definition) is 5. The van der Waals surface area contributed by atoms with Crippen molar-refractivity contribution in [3.8, 4) is 0 Å². The zero-order valence-electron chi connectivity index (χ0n) is 11.9. The van der Waals surface area contributed by atoms with Gasteiger partial charge in [-0.05, 0) is 43.5 Å². The first-order chi connectivity index (χ1) is 10.2. The quantitative estimate of drug-likeness (QED) is 0.873. The van der Waals surface area contributed by atoms with Gasteiger partial charge in [0.25, 0.3) is 0 Å². The van der Waals surface area contributed by atoms with Crippen LogP contribution in [-0.4, -0.2) is 21.2 Å². The highest BCUT2D eigenvalue weighted by atomic mass is 79.9. The molecule has 0 bridgehead atoms. The van der Waals surface area contributed by atoms with E-state index in [9.17, 15) is 0 Å². The fourth-order valence-electron chi connectivity index (χ4n) is 2.59. The Morgan fingerprint density at radius 1 is 1.24 bits per heavy atom. The number of halogens is 1. The Labute approximate surface area is 132 Å². The summed E-state index contributed by atoms with van der Waals surface area (Å²) in [5.41, 5.74) is 2.11. The maximum Gasteiger partial charge on any atom is 0.249 e. The Hall–Kier alpha value is -1.69. The summed E-state index contributed by atoms with van der Waals surface area (Å²) >= 11 is 3.46. The molecule has 2 aromatic rings. The summed E-state index contributed by atoms with van der Waals surface area (Å²) in [7, 11) is 0. The molecule has 110 valence electrons. The Kier molecular flexibility index (Phi) is 4.34. The largest absolute Gasteiger partial charge is 0.366 e. The lowest BCUT2D eigenvalue weighted by atomic mass is 10.2. The minimum Gasteiger partial charge on any atom is -0.366 e. The van der Waals surface area contributed by atoms with E-state index < -0.39 is 0 Å². The first-order valence-corrected chi connectivity index (χ1v) is 7.99. The van der Waals surface area contributed by atoms with Gasteiger partial charge in [-0.15, -0.1) is 5.10 Å². The second kappa shape index (κ2) is 6.39. The van der Waals surface area contributed by atoms with Crippen LogP contribution < -0.4 is 10.6 Å². The molecule has 0 saturated heterocycles. The number of anilines is 3. The summed E-state index contributed by atoms with van der Waals surface area (Å²) in [6.07, 6.45) is 6.67. The first-order valence-electron chi connectivity index (χ1n) is 7.20. The molecule has 5 nitrogen and oxygen atoms in total. The van der Waals surface area contributed by atoms with Crippen LogP contribution in [0, 0.1) is 6.92 Å². The molecule has 0 unspecified atom stereocenters. The normalized spacial score (nSPS) is 15.1. The van der Waals surface area contributed by atoms with Gasteiger partial charge in [0.1, 0.15) is 0 Å². The fourth-order valence-corrected chi connectivity index (χ4v) is 3.07. The van der Waals surface area contributed by atoms with Crippen LogP contribution in [0.1, 0.15) is 31.2 Å². The molecule has 1 heterocycles. The van der Waals surface area contributed by atoms with Crippen molar-refractivity contribution in [3.05, 3.63) is 34.4 Å². The van der Waals surface area contributed by atoms with E-state index in [0.717, 1.165) is 21.5 Å². The Morgan fingerprint density at radius 2 is 2.05 bits per heavy atom. The number of aryl methyl sites for hydroxylation is 1. The van der Waals surface area contributed by atoms with Crippen LogP contribution in [0.15, 0.2) is 28.9 Å². The molecule has 1 aliphatic rings. The smallest absolute Gasteiger partial charge is 0.249 e. The average molecular weight is 348 g/mol. The van der Waals surface area contributed by atoms with E-state index >= 15 is 0 Å². The van der Waals surface area contributed by atoms with Gasteiger partial charge in [-0.25, -0.2) is 0 Å². The molecule has 1 aliphatic carbocycles. The lowest BCUT2D eigenvalue weighted by Crippen LogP contribution is -2.16. The monoisotopic (exact) mass is 347 g/mol. The lowest BCUT2D eigenvalue weighted by Gasteiger charge is -2.13. The molecule has 1 aromatic heterocycles. The number of nitrogens with zero attached hydrogens (tertiary/aromatic N) is 3. The Balaban J connectivity index is 1.73. The fraction of sp³-hybridized carbons (Fsp3) is 0.400. The van der Waals surface area contributed by atoms with Gasteiger partial charge < -0.3 is 10.6 Å². The summed E-state index contributed by atoms with van der Waals surface area (Å²) < 4.78 is 1.06. The van der Waals surface area contributed by atoms with Crippen LogP contribution in [-0.2, 0) is 0 Å². The lowest BCUT2D eigenvalue weighted by molar-refractivity contribution is 0.747. The third kappa shape index (κ3) is 3.69. The molecule has 1 fully saturated rings. The molecule has 0 amide bonds. The van der Waals surface area contributed by atoms with E-state index in [1.807, 2.05) is 19.1 Å². The summed E-state index contributed by atoms with van der Waals surface area (Å²) in [6.45, 7) is 2.04. The molecule has 21 heavy (non-hydrogen) atoms. The van der Waals surface area contributed by atoms with E-state index in [1.54, 1.807) is 6.20 Å². The predicted octanol–water partition coefficient (Wildman–Crippen LogP) is 4.04. The van der Waals surface area contributed by atoms with Gasteiger partial charge in [0, 0.05) is 16.2 Å². The van der Waals surface area contributed by atoms with Crippen LogP contribution in [0.2, 0.25) is 0 Å². The third-order valence-corrected chi connectivity index (χ3v) is 4.19. The molecule has 0 atom stereocenters. The zero-order chi connectivity index (χ0) is 14.7. The molecule has 0 radical (unpaired) electrons. The second-order valence-electron chi connectivity index (χ2n) is 5.38. The predicted molar refractivity (Wildman–Crippen MR) is 87.9 cm³/mol. The van der Waals surface area contributed by atoms with Crippen molar-refractivity contribution in [2.24, 2.45) is 0 Å². The van der Waals surface area contributed by atoms with E-state index in [0.29, 0.717) is 12.0 Å². The van der Waals surface area contributed by atoms with Crippen molar-refractivity contribution >= 4 is 33.4 Å². The maximum atomic E-state index is 4.49. The molecule has 0 aliphatic heterocycles. The van der Waals surface area contributed by atoms with Gasteiger partial charge >= 0.3 is 0 Å². The van der Waals surface area contributed by atoms with Crippen LogP contribution >= 0.6 is 15.9 Å². The molecule has 6 heteroatoms. The standard InChI is InChI=1S/C15H18BrN5/c1-10-8-11(16)6-7-13(10)19-15-20-14(9-17-21-15)18-12-4-2-3-5-12/h6-9,12H,2-5H2,1H3,(H2,18,19,20,21). The van der Waals surface area contributed by atoms with Gasteiger partial charge in [0.15, 0.2) is 5.82 Å². The second-order valence-corrected chi connectivity index (χ2v) is 6.29. The van der Waals surface area contributed by atoms with Gasteiger partial charge in [-0.2, -0.15) is 10.1 Å². The summed E-state index contributed by atoms with van der Waals surface area (Å²) in [4.78, 5) is 4.49. The van der Waals surface area contributed by atoms with Crippen molar-refractivity contribution in [1.82, 2.24) is 15.2 Å². The van der Waals surface area contributed by atoms with Crippen LogP contribution in [0.5, 0.6) is 0 Å². The SMILES string of the molecule is Cc1cc(Br)ccc1Nc1nncc(NC2CCCC2)n1. The highest BCUT2D eigenvalue weighted by Crippen LogP contribution is 2.24. The first kappa shape index (κ1) is 14.3. The molecule has 1 saturated carbocycles. The van der Waals surface area contributed by atoms with Crippen LogP contribution in [0.4, 0.5) is 17.5 Å². The zero-order valence-corrected chi connectivity index (χ0v) is 13.5. The maximum absolute atomic E-state index is 4.49. The number of aromatic nitrogens is 3. The van der Waals surface area contributed by atoms with Crippen LogP contribution in [0.3, 0.4) is 0 Å². The van der Waals surface area contributed by atoms with Crippen LogP contribution in [0.25, 0.3) is 0 Å². The van der Waals surface area contributed by atoms with Crippen molar-refractivity contribution < 1.29 is 0 Å². The van der Waals surface area contributed by atoms with Gasteiger partial charge in [-0.1, -0.05) is 28.8 Å². The molecule has 3 rings (SSSR count). The van der Waals surface area contributed by atoms with Gasteiger partial charge in [-0.3, -0.25) is 0 Å². The van der Waals surface area contributed by atoms with Crippen molar-refractivity contribution in [3.63, 3.8) is 0 Å². The third-order valence-electron chi connectivity index (χ3n) is 3.70. The summed E-state index contributed by atoms with van der Waals surface area (Å²) in [6, 6.07) is 6.56. The number of hydrogen-bond donors (Lipinski definition) is 2. The van der Waals surface area contributed by atoms with E-state index in [4.69, 9.17) is 0 Å². The molecular formula is C15H18BrN5. The summed E-state index contributed by atoms with van der Waals surface area (Å²) in [5, 5.41) is 14.7. The highest BCUT2D eigenvalue weighted by Gasteiger charge is 2.15. The topological polar surface area (TPSA) is 62.7 Å². The molecule has 0 spiro atoms. The Bertz CT molecular complexity index is 625. The Morgan fingerprint density at radius 3 is 2.81 bits per heavy atom. The van der Waals surface area contributed by atoms with E-state index in [-0.39, 0.29) is 0 Å². The minimum atomic E-state index is 0.517. The van der Waals surface area contributed by atoms with Crippen molar-refractivity contribution in [2.45, 2.75) is 38.6 Å². The van der Waals surface area contributed by atoms with Crippen molar-refractivity contribution in [1.29, 1.82) is 0 Å². The van der Waals surface area contributed by atoms with Gasteiger partial charge in [0.2, 0.25) is 5.95 Å². The highest BCUT2D eigenvalue weighted by molar-refractivity contribution is 9.10. The number of nitrogens with one attached hydrogen (secondary N) is 2. The van der Waals surface area contributed by atoms with Gasteiger partial charge in [0.05, 0.1) is 6.20 Å². The number of rotatable bonds is 4. The van der Waals surface area contributed by atoms with E-state index in [1.165, 1.54) is 25.7 Å². The summed E-state index contributed by atoms with van der Waals surface area (Å²) in [5.74, 6) is 1.30. The molecule has 1 aromatic carbocycles. The number of benzene rings is 1. The minimum absolute atomic E-state index is 0.517. The molecular weight excluding hydrogens is 330 g/mol. The molecule has 2 N–H and O–H groups in total.